The second-order valence-electron chi connectivity index (χ2n) is 16.3. The standard InChI is InChI=1S/C49H83O13P/c1-3-5-7-9-11-13-15-17-19-21-23-25-27-29-31-33-35-37-42(50)59-39-41(40-60-63(57,58)62-49-47(55)45(53)44(52)46(54)48(49)56)61-43(51)38-36-34-32-30-28-26-24-22-20-18-16-14-12-10-8-6-4-2/h11-14,17-20,24,26,30,32,41,44-49,52-56H,3-10,15-16,21-23,25,27-29,31,33-40H2,1-2H3,(H,57,58)/b13-11-,14-12-,19-17-,20-18-,26-24-,32-30-/t41-,44?,45-,46?,47?,48?,49?/m1/s1. The third-order valence-electron chi connectivity index (χ3n) is 10.5. The van der Waals surface area contributed by atoms with Crippen molar-refractivity contribution in [2.75, 3.05) is 13.2 Å². The fourth-order valence-electron chi connectivity index (χ4n) is 6.66. The molecule has 1 aliphatic carbocycles. The summed E-state index contributed by atoms with van der Waals surface area (Å²) in [6.45, 7) is 3.19. The SMILES string of the molecule is CCCCC/C=C\C/C=C\C/C=C\C/C=C\CCCC(=O)O[C@H](COC(=O)CCCCCCCCC/C=C\C/C=C\CCCCC)COP(=O)(O)OC1C(O)C(O)C(O)[C@@H](O)C1O. The quantitative estimate of drug-likeness (QED) is 0.0148. The van der Waals surface area contributed by atoms with Gasteiger partial charge in [-0.2, -0.15) is 0 Å². The van der Waals surface area contributed by atoms with Gasteiger partial charge in [-0.05, 0) is 83.5 Å². The van der Waals surface area contributed by atoms with Crippen LogP contribution in [0.15, 0.2) is 72.9 Å². The van der Waals surface area contributed by atoms with E-state index in [1.54, 1.807) is 0 Å². The van der Waals surface area contributed by atoms with Crippen LogP contribution in [0.4, 0.5) is 0 Å². The zero-order valence-corrected chi connectivity index (χ0v) is 39.2. The lowest BCUT2D eigenvalue weighted by Gasteiger charge is -2.41. The van der Waals surface area contributed by atoms with E-state index in [0.29, 0.717) is 19.3 Å². The normalized spacial score (nSPS) is 22.3. The van der Waals surface area contributed by atoms with Crippen LogP contribution in [0.2, 0.25) is 0 Å². The number of allylic oxidation sites excluding steroid dienone is 12. The minimum Gasteiger partial charge on any atom is -0.462 e. The Kier molecular flexibility index (Phi) is 35.7. The fraction of sp³-hybridized carbons (Fsp3) is 0.714. The number of hydrogen-bond donors (Lipinski definition) is 6. The maximum atomic E-state index is 12.8. The highest BCUT2D eigenvalue weighted by atomic mass is 31.2. The summed E-state index contributed by atoms with van der Waals surface area (Å²) in [5.74, 6) is -1.18. The summed E-state index contributed by atoms with van der Waals surface area (Å²) in [5, 5.41) is 50.2. The van der Waals surface area contributed by atoms with Gasteiger partial charge in [-0.1, -0.05) is 145 Å². The van der Waals surface area contributed by atoms with Crippen molar-refractivity contribution in [2.24, 2.45) is 0 Å². The van der Waals surface area contributed by atoms with Gasteiger partial charge in [0, 0.05) is 12.8 Å². The summed E-state index contributed by atoms with van der Waals surface area (Å²) in [4.78, 5) is 35.7. The van der Waals surface area contributed by atoms with Crippen molar-refractivity contribution in [2.45, 2.75) is 211 Å². The molecule has 6 N–H and O–H groups in total. The molecule has 14 heteroatoms. The average molecular weight is 911 g/mol. The first-order valence-electron chi connectivity index (χ1n) is 23.7. The molecular formula is C49H83O13P. The number of hydrogen-bond acceptors (Lipinski definition) is 12. The Bertz CT molecular complexity index is 1380. The van der Waals surface area contributed by atoms with Crippen LogP contribution in [0.1, 0.15) is 168 Å². The highest BCUT2D eigenvalue weighted by Crippen LogP contribution is 2.47. The number of unbranched alkanes of at least 4 members (excludes halogenated alkanes) is 14. The van der Waals surface area contributed by atoms with Gasteiger partial charge in [0.2, 0.25) is 0 Å². The predicted octanol–water partition coefficient (Wildman–Crippen LogP) is 9.50. The van der Waals surface area contributed by atoms with Crippen molar-refractivity contribution in [1.82, 2.24) is 0 Å². The largest absolute Gasteiger partial charge is 0.472 e. The first kappa shape index (κ1) is 58.3. The van der Waals surface area contributed by atoms with Crippen molar-refractivity contribution in [3.8, 4) is 0 Å². The topological polar surface area (TPSA) is 210 Å². The number of ether oxygens (including phenoxy) is 2. The maximum Gasteiger partial charge on any atom is 0.472 e. The van der Waals surface area contributed by atoms with E-state index in [0.717, 1.165) is 83.5 Å². The van der Waals surface area contributed by atoms with Crippen LogP contribution in [-0.4, -0.2) is 98.3 Å². The van der Waals surface area contributed by atoms with Crippen LogP contribution in [0.25, 0.3) is 0 Å². The molecule has 1 rings (SSSR count). The molecule has 0 aliphatic heterocycles. The van der Waals surface area contributed by atoms with Crippen LogP contribution in [0.5, 0.6) is 0 Å². The van der Waals surface area contributed by atoms with Crippen molar-refractivity contribution in [1.29, 1.82) is 0 Å². The lowest BCUT2D eigenvalue weighted by atomic mass is 9.85. The van der Waals surface area contributed by atoms with Gasteiger partial charge in [-0.25, -0.2) is 4.57 Å². The molecule has 0 aromatic heterocycles. The molecule has 63 heavy (non-hydrogen) atoms. The molecule has 0 radical (unpaired) electrons. The third kappa shape index (κ3) is 31.0. The van der Waals surface area contributed by atoms with Crippen LogP contribution in [0.3, 0.4) is 0 Å². The summed E-state index contributed by atoms with van der Waals surface area (Å²) in [6.07, 6.45) is 35.2. The van der Waals surface area contributed by atoms with Gasteiger partial charge in [-0.15, -0.1) is 0 Å². The number of rotatable bonds is 38. The van der Waals surface area contributed by atoms with E-state index in [-0.39, 0.29) is 12.8 Å². The zero-order chi connectivity index (χ0) is 46.4. The monoisotopic (exact) mass is 911 g/mol. The molecule has 0 amide bonds. The molecule has 0 saturated heterocycles. The van der Waals surface area contributed by atoms with E-state index >= 15 is 0 Å². The van der Waals surface area contributed by atoms with Gasteiger partial charge >= 0.3 is 19.8 Å². The number of esters is 2. The Hall–Kier alpha value is -2.71. The van der Waals surface area contributed by atoms with E-state index in [1.165, 1.54) is 38.5 Å². The van der Waals surface area contributed by atoms with E-state index < -0.39 is 75.7 Å². The Morgan fingerprint density at radius 3 is 1.35 bits per heavy atom. The molecule has 1 saturated carbocycles. The highest BCUT2D eigenvalue weighted by Gasteiger charge is 2.51. The number of aliphatic hydroxyl groups is 5. The van der Waals surface area contributed by atoms with E-state index in [2.05, 4.69) is 74.6 Å². The van der Waals surface area contributed by atoms with Crippen LogP contribution in [-0.2, 0) is 32.7 Å². The predicted molar refractivity (Wildman–Crippen MR) is 249 cm³/mol. The second kappa shape index (κ2) is 38.5. The van der Waals surface area contributed by atoms with Gasteiger partial charge in [0.1, 0.15) is 43.2 Å². The number of phosphoric acid groups is 1. The van der Waals surface area contributed by atoms with E-state index in [4.69, 9.17) is 18.5 Å². The summed E-state index contributed by atoms with van der Waals surface area (Å²) in [7, 11) is -5.14. The number of phosphoric ester groups is 1. The molecule has 1 fully saturated rings. The minimum atomic E-state index is -5.14. The Balaban J connectivity index is 2.50. The van der Waals surface area contributed by atoms with Crippen LogP contribution < -0.4 is 0 Å². The van der Waals surface area contributed by atoms with Crippen LogP contribution in [0, 0.1) is 0 Å². The summed E-state index contributed by atoms with van der Waals surface area (Å²) >= 11 is 0. The number of aliphatic hydroxyl groups excluding tert-OH is 5. The van der Waals surface area contributed by atoms with Crippen molar-refractivity contribution < 1.29 is 63.1 Å². The molecule has 0 aromatic carbocycles. The highest BCUT2D eigenvalue weighted by molar-refractivity contribution is 7.47. The summed E-state index contributed by atoms with van der Waals surface area (Å²) in [6, 6.07) is 0. The average Bonchev–Trinajstić information content (AvgIpc) is 3.26. The van der Waals surface area contributed by atoms with E-state index in [9.17, 15) is 44.6 Å². The lowest BCUT2D eigenvalue weighted by Crippen LogP contribution is -2.64. The van der Waals surface area contributed by atoms with Gasteiger partial charge in [0.05, 0.1) is 6.61 Å². The molecule has 0 spiro atoms. The Labute approximate surface area is 378 Å². The summed E-state index contributed by atoms with van der Waals surface area (Å²) in [5.41, 5.74) is 0. The van der Waals surface area contributed by atoms with Crippen LogP contribution >= 0.6 is 7.82 Å². The number of carbonyl (C=O) groups excluding carboxylic acids is 2. The fourth-order valence-corrected chi connectivity index (χ4v) is 7.63. The molecule has 362 valence electrons. The van der Waals surface area contributed by atoms with Gasteiger partial charge < -0.3 is 39.9 Å². The number of carbonyl (C=O) groups is 2. The maximum absolute atomic E-state index is 12.8. The molecular weight excluding hydrogens is 828 g/mol. The van der Waals surface area contributed by atoms with Gasteiger partial charge in [0.25, 0.3) is 0 Å². The molecule has 0 aromatic rings. The molecule has 1 aliphatic rings. The molecule has 8 atom stereocenters. The molecule has 0 heterocycles. The summed E-state index contributed by atoms with van der Waals surface area (Å²) < 4.78 is 33.5. The molecule has 0 bridgehead atoms. The first-order valence-corrected chi connectivity index (χ1v) is 25.2. The smallest absolute Gasteiger partial charge is 0.462 e. The third-order valence-corrected chi connectivity index (χ3v) is 11.5. The minimum absolute atomic E-state index is 0.0157. The molecule has 13 nitrogen and oxygen atoms in total. The Morgan fingerprint density at radius 1 is 0.492 bits per heavy atom. The van der Waals surface area contributed by atoms with Gasteiger partial charge in [0.15, 0.2) is 6.10 Å². The van der Waals surface area contributed by atoms with Crippen molar-refractivity contribution >= 4 is 19.8 Å². The van der Waals surface area contributed by atoms with E-state index in [1.807, 2.05) is 12.2 Å². The second-order valence-corrected chi connectivity index (χ2v) is 17.7. The van der Waals surface area contributed by atoms with Gasteiger partial charge in [-0.3, -0.25) is 18.6 Å². The first-order chi connectivity index (χ1) is 30.4. The zero-order valence-electron chi connectivity index (χ0n) is 38.3. The Morgan fingerprint density at radius 2 is 0.873 bits per heavy atom. The van der Waals surface area contributed by atoms with Crippen molar-refractivity contribution in [3.05, 3.63) is 72.9 Å². The lowest BCUT2D eigenvalue weighted by molar-refractivity contribution is -0.220. The van der Waals surface area contributed by atoms with Crippen molar-refractivity contribution in [3.63, 3.8) is 0 Å². The molecule has 6 unspecified atom stereocenters.